The smallest absolute Gasteiger partial charge is 0.251 e. The fourth-order valence-corrected chi connectivity index (χ4v) is 4.17. The van der Waals surface area contributed by atoms with Crippen LogP contribution in [0, 0.1) is 13.8 Å². The number of hydrogen-bond acceptors (Lipinski definition) is 5. The van der Waals surface area contributed by atoms with Crippen LogP contribution in [0.15, 0.2) is 60.7 Å². The van der Waals surface area contributed by atoms with Gasteiger partial charge in [0.1, 0.15) is 11.6 Å². The van der Waals surface area contributed by atoms with Crippen molar-refractivity contribution in [1.29, 1.82) is 0 Å². The third kappa shape index (κ3) is 5.40. The molecule has 0 radical (unpaired) electrons. The van der Waals surface area contributed by atoms with Crippen LogP contribution >= 0.6 is 0 Å². The molecule has 1 aromatic heterocycles. The highest BCUT2D eigenvalue weighted by Crippen LogP contribution is 2.27. The van der Waals surface area contributed by atoms with E-state index in [0.29, 0.717) is 30.2 Å². The van der Waals surface area contributed by atoms with Gasteiger partial charge in [-0.2, -0.15) is 0 Å². The minimum Gasteiger partial charge on any atom is -0.493 e. The van der Waals surface area contributed by atoms with Crippen molar-refractivity contribution in [3.63, 3.8) is 0 Å². The van der Waals surface area contributed by atoms with E-state index >= 15 is 0 Å². The van der Waals surface area contributed by atoms with E-state index in [1.54, 1.807) is 32.4 Å². The number of fused-ring (bicyclic) bond motifs is 1. The molecule has 0 unspecified atom stereocenters. The second-order valence-corrected chi connectivity index (χ2v) is 8.34. The van der Waals surface area contributed by atoms with Crippen LogP contribution in [0.3, 0.4) is 0 Å². The number of methoxy groups -OCH3 is 2. The van der Waals surface area contributed by atoms with Crippen molar-refractivity contribution in [2.24, 2.45) is 0 Å². The second-order valence-electron chi connectivity index (χ2n) is 8.34. The lowest BCUT2D eigenvalue weighted by Crippen LogP contribution is -2.25. The minimum absolute atomic E-state index is 0.206. The van der Waals surface area contributed by atoms with Crippen LogP contribution in [0.25, 0.3) is 11.0 Å². The summed E-state index contributed by atoms with van der Waals surface area (Å²) in [7, 11) is 3.11. The first-order valence-corrected chi connectivity index (χ1v) is 11.6. The van der Waals surface area contributed by atoms with Crippen molar-refractivity contribution in [2.75, 3.05) is 20.8 Å². The molecule has 7 heteroatoms. The van der Waals surface area contributed by atoms with Gasteiger partial charge in [-0.15, -0.1) is 0 Å². The normalized spacial score (nSPS) is 10.9. The van der Waals surface area contributed by atoms with E-state index in [2.05, 4.69) is 35.9 Å². The highest BCUT2D eigenvalue weighted by molar-refractivity contribution is 5.94. The van der Waals surface area contributed by atoms with Crippen LogP contribution in [0.1, 0.15) is 33.7 Å². The quantitative estimate of drug-likeness (QED) is 0.326. The van der Waals surface area contributed by atoms with Crippen LogP contribution in [-0.4, -0.2) is 36.3 Å². The summed E-state index contributed by atoms with van der Waals surface area (Å²) in [6.45, 7) is 5.75. The summed E-state index contributed by atoms with van der Waals surface area (Å²) in [6.07, 6.45) is 0.810. The topological polar surface area (TPSA) is 74.6 Å². The molecule has 0 fully saturated rings. The van der Waals surface area contributed by atoms with Gasteiger partial charge in [-0.3, -0.25) is 4.79 Å². The van der Waals surface area contributed by atoms with Gasteiger partial charge >= 0.3 is 0 Å². The number of imidazole rings is 1. The number of rotatable bonds is 10. The predicted octanol–water partition coefficient (Wildman–Crippen LogP) is 5.07. The van der Waals surface area contributed by atoms with Crippen LogP contribution < -0.4 is 19.5 Å². The summed E-state index contributed by atoms with van der Waals surface area (Å²) in [5, 5.41) is 2.99. The van der Waals surface area contributed by atoms with Crippen LogP contribution in [-0.2, 0) is 13.1 Å². The highest BCUT2D eigenvalue weighted by atomic mass is 16.5. The third-order valence-electron chi connectivity index (χ3n) is 5.97. The zero-order valence-corrected chi connectivity index (χ0v) is 20.6. The van der Waals surface area contributed by atoms with Crippen molar-refractivity contribution in [2.45, 2.75) is 33.4 Å². The van der Waals surface area contributed by atoms with Crippen LogP contribution in [0.2, 0.25) is 0 Å². The fourth-order valence-electron chi connectivity index (χ4n) is 4.17. The first-order chi connectivity index (χ1) is 17.0. The Labute approximate surface area is 205 Å². The fraction of sp³-hybridized carbons (Fsp3) is 0.286. The van der Waals surface area contributed by atoms with E-state index in [0.717, 1.165) is 46.7 Å². The number of nitrogens with zero attached hydrogens (tertiary/aromatic N) is 2. The molecule has 0 aliphatic rings. The molecular formula is C28H31N3O4. The summed E-state index contributed by atoms with van der Waals surface area (Å²) >= 11 is 0. The average Bonchev–Trinajstić information content (AvgIpc) is 3.23. The van der Waals surface area contributed by atoms with Gasteiger partial charge in [-0.05, 0) is 61.7 Å². The number of nitrogens with one attached hydrogen (secondary N) is 1. The molecule has 7 nitrogen and oxygen atoms in total. The predicted molar refractivity (Wildman–Crippen MR) is 136 cm³/mol. The minimum atomic E-state index is -0.206. The lowest BCUT2D eigenvalue weighted by molar-refractivity contribution is 0.0949. The second kappa shape index (κ2) is 11.0. The first kappa shape index (κ1) is 24.1. The third-order valence-corrected chi connectivity index (χ3v) is 5.97. The zero-order chi connectivity index (χ0) is 24.8. The Hall–Kier alpha value is -4.00. The number of aromatic nitrogens is 2. The maximum atomic E-state index is 12.8. The molecule has 1 N–H and O–H groups in total. The first-order valence-electron chi connectivity index (χ1n) is 11.6. The van der Waals surface area contributed by atoms with E-state index in [1.807, 2.05) is 30.3 Å². The molecular weight excluding hydrogens is 442 g/mol. The molecule has 1 amide bonds. The molecule has 182 valence electrons. The Morgan fingerprint density at radius 2 is 1.69 bits per heavy atom. The molecule has 0 spiro atoms. The number of benzene rings is 3. The molecule has 0 saturated carbocycles. The molecule has 0 atom stereocenters. The van der Waals surface area contributed by atoms with Gasteiger partial charge in [0.25, 0.3) is 5.91 Å². The van der Waals surface area contributed by atoms with E-state index in [1.165, 1.54) is 0 Å². The molecule has 4 aromatic rings. The van der Waals surface area contributed by atoms with E-state index in [4.69, 9.17) is 19.2 Å². The monoisotopic (exact) mass is 473 g/mol. The maximum Gasteiger partial charge on any atom is 0.251 e. The lowest BCUT2D eigenvalue weighted by atomic mass is 10.1. The number of ether oxygens (including phenoxy) is 3. The number of amides is 1. The summed E-state index contributed by atoms with van der Waals surface area (Å²) in [5.41, 5.74) is 4.70. The van der Waals surface area contributed by atoms with Gasteiger partial charge < -0.3 is 24.1 Å². The Morgan fingerprint density at radius 1 is 0.943 bits per heavy atom. The number of hydrogen-bond donors (Lipinski definition) is 1. The molecule has 0 aliphatic heterocycles. The Kier molecular flexibility index (Phi) is 7.55. The summed E-state index contributed by atoms with van der Waals surface area (Å²) in [6, 6.07) is 19.3. The molecule has 0 bridgehead atoms. The highest BCUT2D eigenvalue weighted by Gasteiger charge is 2.14. The van der Waals surface area contributed by atoms with Crippen LogP contribution in [0.4, 0.5) is 0 Å². The molecule has 1 heterocycles. The van der Waals surface area contributed by atoms with Gasteiger partial charge in [0.2, 0.25) is 0 Å². The van der Waals surface area contributed by atoms with Crippen molar-refractivity contribution in [3.8, 4) is 17.2 Å². The lowest BCUT2D eigenvalue weighted by Gasteiger charge is -2.14. The Morgan fingerprint density at radius 3 is 2.43 bits per heavy atom. The Balaban J connectivity index is 1.45. The number of carbonyl (C=O) groups is 1. The number of aryl methyl sites for hydroxylation is 3. The maximum absolute atomic E-state index is 12.8. The summed E-state index contributed by atoms with van der Waals surface area (Å²) in [5.74, 6) is 2.63. The molecule has 4 rings (SSSR count). The number of carbonyl (C=O) groups excluding carboxylic acids is 1. The van der Waals surface area contributed by atoms with Crippen molar-refractivity contribution < 1.29 is 19.0 Å². The van der Waals surface area contributed by atoms with Crippen molar-refractivity contribution in [3.05, 3.63) is 83.2 Å². The average molecular weight is 474 g/mol. The molecule has 0 saturated heterocycles. The number of para-hydroxylation sites is 3. The van der Waals surface area contributed by atoms with Crippen molar-refractivity contribution >= 4 is 16.9 Å². The van der Waals surface area contributed by atoms with Gasteiger partial charge in [0.05, 0.1) is 38.4 Å². The molecule has 0 aliphatic carbocycles. The molecule has 3 aromatic carbocycles. The van der Waals surface area contributed by atoms with Crippen molar-refractivity contribution in [1.82, 2.24) is 14.9 Å². The summed E-state index contributed by atoms with van der Waals surface area (Å²) in [4.78, 5) is 17.6. The van der Waals surface area contributed by atoms with E-state index < -0.39 is 0 Å². The van der Waals surface area contributed by atoms with Gasteiger partial charge in [0.15, 0.2) is 11.5 Å². The SMILES string of the molecule is COc1ccc(C(=O)NCc2nc3ccccc3n2CCCOc2c(C)cccc2C)cc1OC. The molecule has 35 heavy (non-hydrogen) atoms. The van der Waals surface area contributed by atoms with E-state index in [9.17, 15) is 4.79 Å². The summed E-state index contributed by atoms with van der Waals surface area (Å²) < 4.78 is 18.8. The Bertz CT molecular complexity index is 1310. The van der Waals surface area contributed by atoms with E-state index in [-0.39, 0.29) is 5.91 Å². The van der Waals surface area contributed by atoms with Gasteiger partial charge in [-0.25, -0.2) is 4.98 Å². The van der Waals surface area contributed by atoms with Crippen LogP contribution in [0.5, 0.6) is 17.2 Å². The largest absolute Gasteiger partial charge is 0.493 e. The standard InChI is InChI=1S/C28H31N3O4/c1-19-9-7-10-20(2)27(19)35-16-8-15-31-23-12-6-5-11-22(23)30-26(31)18-29-28(32)21-13-14-24(33-3)25(17-21)34-4/h5-7,9-14,17H,8,15-16,18H2,1-4H3,(H,29,32). The van der Waals surface area contributed by atoms with Gasteiger partial charge in [-0.1, -0.05) is 30.3 Å². The van der Waals surface area contributed by atoms with Gasteiger partial charge in [0, 0.05) is 12.1 Å². The zero-order valence-electron chi connectivity index (χ0n) is 20.6.